The van der Waals surface area contributed by atoms with Gasteiger partial charge >= 0.3 is 0 Å². The maximum Gasteiger partial charge on any atom is 0.227 e. The van der Waals surface area contributed by atoms with Gasteiger partial charge in [-0.25, -0.2) is 9.97 Å². The summed E-state index contributed by atoms with van der Waals surface area (Å²) in [4.78, 5) is 13.2. The predicted octanol–water partition coefficient (Wildman–Crippen LogP) is 5.06. The summed E-state index contributed by atoms with van der Waals surface area (Å²) in [7, 11) is 1.90. The van der Waals surface area contributed by atoms with E-state index in [1.165, 1.54) is 5.56 Å². The lowest BCUT2D eigenvalue weighted by molar-refractivity contribution is 0.306. The van der Waals surface area contributed by atoms with Gasteiger partial charge in [0.05, 0.1) is 11.7 Å². The van der Waals surface area contributed by atoms with Crippen molar-refractivity contribution in [3.05, 3.63) is 90.6 Å². The molecule has 1 N–H and O–H groups in total. The van der Waals surface area contributed by atoms with Gasteiger partial charge in [-0.05, 0) is 54.4 Å². The molecule has 0 aliphatic heterocycles. The van der Waals surface area contributed by atoms with Crippen molar-refractivity contribution in [2.45, 2.75) is 13.5 Å². The summed E-state index contributed by atoms with van der Waals surface area (Å²) in [5.41, 5.74) is 5.95. The van der Waals surface area contributed by atoms with Gasteiger partial charge in [-0.3, -0.25) is 9.67 Å². The Morgan fingerprint density at radius 3 is 2.66 bits per heavy atom. The van der Waals surface area contributed by atoms with Crippen molar-refractivity contribution in [1.29, 1.82) is 0 Å². The van der Waals surface area contributed by atoms with E-state index in [4.69, 9.17) is 4.74 Å². The lowest BCUT2D eigenvalue weighted by atomic mass is 10.1. The largest absolute Gasteiger partial charge is 0.489 e. The highest BCUT2D eigenvalue weighted by Crippen LogP contribution is 2.30. The first-order valence-electron chi connectivity index (χ1n) is 10.3. The van der Waals surface area contributed by atoms with Crippen LogP contribution in [0.2, 0.25) is 0 Å². The molecule has 158 valence electrons. The summed E-state index contributed by atoms with van der Waals surface area (Å²) < 4.78 is 7.87. The molecule has 0 radical (unpaired) electrons. The molecule has 0 spiro atoms. The molecule has 3 aromatic heterocycles. The summed E-state index contributed by atoms with van der Waals surface area (Å²) in [6.07, 6.45) is 9.16. The first-order chi connectivity index (χ1) is 15.6. The highest BCUT2D eigenvalue weighted by atomic mass is 16.5. The van der Waals surface area contributed by atoms with Crippen molar-refractivity contribution in [3.63, 3.8) is 0 Å². The van der Waals surface area contributed by atoms with E-state index >= 15 is 0 Å². The predicted molar refractivity (Wildman–Crippen MR) is 125 cm³/mol. The molecule has 0 atom stereocenters. The number of pyridine rings is 1. The van der Waals surface area contributed by atoms with Crippen LogP contribution in [-0.2, 0) is 13.7 Å². The molecule has 0 aliphatic rings. The molecule has 5 rings (SSSR count). The number of rotatable bonds is 6. The van der Waals surface area contributed by atoms with Gasteiger partial charge in [-0.15, -0.1) is 0 Å². The monoisotopic (exact) mass is 422 g/mol. The summed E-state index contributed by atoms with van der Waals surface area (Å²) >= 11 is 0. The fourth-order valence-electron chi connectivity index (χ4n) is 3.48. The fourth-order valence-corrected chi connectivity index (χ4v) is 3.48. The number of hydrogen-bond acceptors (Lipinski definition) is 6. The van der Waals surface area contributed by atoms with Crippen LogP contribution in [0, 0.1) is 6.92 Å². The average Bonchev–Trinajstić information content (AvgIpc) is 3.25. The third-order valence-electron chi connectivity index (χ3n) is 5.09. The normalized spacial score (nSPS) is 10.9. The Morgan fingerprint density at radius 2 is 1.84 bits per heavy atom. The highest BCUT2D eigenvalue weighted by Gasteiger charge is 2.09. The Labute approximate surface area is 185 Å². The molecule has 0 amide bonds. The number of aromatic nitrogens is 5. The van der Waals surface area contributed by atoms with Crippen molar-refractivity contribution >= 4 is 22.5 Å². The average molecular weight is 422 g/mol. The van der Waals surface area contributed by atoms with Crippen LogP contribution < -0.4 is 10.1 Å². The molecule has 0 bridgehead atoms. The van der Waals surface area contributed by atoms with Gasteiger partial charge < -0.3 is 10.1 Å². The van der Waals surface area contributed by atoms with E-state index in [1.807, 2.05) is 68.1 Å². The van der Waals surface area contributed by atoms with E-state index < -0.39 is 0 Å². The van der Waals surface area contributed by atoms with Crippen LogP contribution in [0.1, 0.15) is 11.1 Å². The molecule has 0 unspecified atom stereocenters. The Hall–Kier alpha value is -4.26. The number of hydrogen-bond donors (Lipinski definition) is 1. The van der Waals surface area contributed by atoms with Gasteiger partial charge in [-0.2, -0.15) is 5.10 Å². The molecule has 7 heteroatoms. The van der Waals surface area contributed by atoms with Crippen molar-refractivity contribution in [2.24, 2.45) is 7.05 Å². The number of aryl methyl sites for hydroxylation is 2. The third kappa shape index (κ3) is 4.41. The minimum absolute atomic E-state index is 0.449. The summed E-state index contributed by atoms with van der Waals surface area (Å²) in [5, 5.41) is 8.64. The SMILES string of the molecule is Cc1ccc2nc(Nc3cc(OCc4ccncc4)cc(-c4cnn(C)c4)c3)ncc2c1. The topological polar surface area (TPSA) is 77.8 Å². The standard InChI is InChI=1S/C25H22N6O/c1-17-3-4-24-20(9-17)13-27-25(30-24)29-22-10-19(21-14-28-31(2)15-21)11-23(12-22)32-16-18-5-7-26-8-6-18/h3-15H,16H2,1-2H3,(H,27,29,30). The Bertz CT molecular complexity index is 1380. The first kappa shape index (κ1) is 19.7. The first-order valence-corrected chi connectivity index (χ1v) is 10.3. The van der Waals surface area contributed by atoms with Crippen LogP contribution in [0.25, 0.3) is 22.0 Å². The molecule has 0 saturated carbocycles. The van der Waals surface area contributed by atoms with Crippen LogP contribution in [0.15, 0.2) is 79.5 Å². The molecule has 0 fully saturated rings. The van der Waals surface area contributed by atoms with Crippen molar-refractivity contribution in [1.82, 2.24) is 24.7 Å². The number of nitrogens with one attached hydrogen (secondary N) is 1. The van der Waals surface area contributed by atoms with E-state index in [2.05, 4.69) is 38.4 Å². The van der Waals surface area contributed by atoms with Crippen LogP contribution in [0.3, 0.4) is 0 Å². The van der Waals surface area contributed by atoms with Crippen molar-refractivity contribution in [2.75, 3.05) is 5.32 Å². The van der Waals surface area contributed by atoms with E-state index in [-0.39, 0.29) is 0 Å². The molecular weight excluding hydrogens is 400 g/mol. The number of benzene rings is 2. The number of nitrogens with zero attached hydrogens (tertiary/aromatic N) is 5. The molecule has 3 heterocycles. The fraction of sp³-hybridized carbons (Fsp3) is 0.120. The number of anilines is 2. The van der Waals surface area contributed by atoms with Crippen LogP contribution in [0.4, 0.5) is 11.6 Å². The molecule has 5 aromatic rings. The lowest BCUT2D eigenvalue weighted by Crippen LogP contribution is -2.00. The molecule has 2 aromatic carbocycles. The second kappa shape index (κ2) is 8.47. The van der Waals surface area contributed by atoms with Crippen molar-refractivity contribution in [3.8, 4) is 16.9 Å². The number of fused-ring (bicyclic) bond motifs is 1. The maximum absolute atomic E-state index is 6.09. The van der Waals surface area contributed by atoms with Gasteiger partial charge in [0, 0.05) is 54.5 Å². The van der Waals surface area contributed by atoms with Gasteiger partial charge in [0.1, 0.15) is 12.4 Å². The van der Waals surface area contributed by atoms with Gasteiger partial charge in [0.15, 0.2) is 0 Å². The Balaban J connectivity index is 1.46. The van der Waals surface area contributed by atoms with Gasteiger partial charge in [-0.1, -0.05) is 11.6 Å². The summed E-state index contributed by atoms with van der Waals surface area (Å²) in [6.45, 7) is 2.51. The van der Waals surface area contributed by atoms with Gasteiger partial charge in [0.2, 0.25) is 5.95 Å². The molecule has 7 nitrogen and oxygen atoms in total. The molecular formula is C25H22N6O. The number of ether oxygens (including phenoxy) is 1. The second-order valence-electron chi connectivity index (χ2n) is 7.67. The molecule has 32 heavy (non-hydrogen) atoms. The zero-order valence-corrected chi connectivity index (χ0v) is 17.9. The quantitative estimate of drug-likeness (QED) is 0.412. The van der Waals surface area contributed by atoms with Crippen LogP contribution in [0.5, 0.6) is 5.75 Å². The molecule has 0 saturated heterocycles. The zero-order chi connectivity index (χ0) is 21.9. The lowest BCUT2D eigenvalue weighted by Gasteiger charge is -2.12. The minimum atomic E-state index is 0.449. The van der Waals surface area contributed by atoms with Crippen LogP contribution in [-0.4, -0.2) is 24.7 Å². The highest BCUT2D eigenvalue weighted by molar-refractivity contribution is 5.80. The van der Waals surface area contributed by atoms with E-state index in [0.717, 1.165) is 39.0 Å². The van der Waals surface area contributed by atoms with Crippen LogP contribution >= 0.6 is 0 Å². The Kier molecular flexibility index (Phi) is 5.21. The second-order valence-corrected chi connectivity index (χ2v) is 7.67. The van der Waals surface area contributed by atoms with E-state index in [9.17, 15) is 0 Å². The van der Waals surface area contributed by atoms with Crippen molar-refractivity contribution < 1.29 is 4.74 Å². The Morgan fingerprint density at radius 1 is 0.969 bits per heavy atom. The molecule has 0 aliphatic carbocycles. The summed E-state index contributed by atoms with van der Waals surface area (Å²) in [6, 6.07) is 16.0. The smallest absolute Gasteiger partial charge is 0.227 e. The van der Waals surface area contributed by atoms with E-state index in [1.54, 1.807) is 17.1 Å². The zero-order valence-electron chi connectivity index (χ0n) is 17.9. The summed E-state index contributed by atoms with van der Waals surface area (Å²) in [5.74, 6) is 1.27. The van der Waals surface area contributed by atoms with Gasteiger partial charge in [0.25, 0.3) is 0 Å². The van der Waals surface area contributed by atoms with E-state index in [0.29, 0.717) is 12.6 Å². The minimum Gasteiger partial charge on any atom is -0.489 e. The third-order valence-corrected chi connectivity index (χ3v) is 5.09. The maximum atomic E-state index is 6.09.